The summed E-state index contributed by atoms with van der Waals surface area (Å²) in [5, 5.41) is 6.11. The number of ether oxygens (including phenoxy) is 1. The summed E-state index contributed by atoms with van der Waals surface area (Å²) < 4.78 is 4.72. The summed E-state index contributed by atoms with van der Waals surface area (Å²) in [6.45, 7) is 4.01. The molecule has 9 heteroatoms. The minimum Gasteiger partial charge on any atom is -0.467 e. The molecule has 2 amide bonds. The highest BCUT2D eigenvalue weighted by Gasteiger charge is 2.24. The van der Waals surface area contributed by atoms with Crippen LogP contribution < -0.4 is 15.5 Å². The van der Waals surface area contributed by atoms with E-state index >= 15 is 0 Å². The standard InChI is InChI=1S/C18H25Cl2N3O4/c1-11(2)7-15(18(26)27-4)22-17(25)10-23(3)9-16(24)21-12-5-6-13(19)14(20)8-12/h5-6,8,11,15H,7,9-10H2,1-4H3,(H,21,24)(H,22,25)/p+1/t15-/m1/s1. The Bertz CT molecular complexity index is 683. The van der Waals surface area contributed by atoms with Gasteiger partial charge in [-0.15, -0.1) is 0 Å². The molecule has 0 radical (unpaired) electrons. The van der Waals surface area contributed by atoms with E-state index in [0.717, 1.165) is 0 Å². The van der Waals surface area contributed by atoms with Crippen molar-refractivity contribution in [2.45, 2.75) is 26.3 Å². The van der Waals surface area contributed by atoms with Gasteiger partial charge in [0.2, 0.25) is 0 Å². The van der Waals surface area contributed by atoms with E-state index in [1.54, 1.807) is 25.2 Å². The molecule has 1 aromatic rings. The maximum Gasteiger partial charge on any atom is 0.328 e. The third kappa shape index (κ3) is 8.60. The molecule has 7 nitrogen and oxygen atoms in total. The molecule has 0 heterocycles. The lowest BCUT2D eigenvalue weighted by Gasteiger charge is -2.19. The van der Waals surface area contributed by atoms with E-state index in [-0.39, 0.29) is 30.8 Å². The van der Waals surface area contributed by atoms with Crippen molar-refractivity contribution in [2.75, 3.05) is 32.6 Å². The van der Waals surface area contributed by atoms with Crippen molar-refractivity contribution >= 4 is 46.7 Å². The zero-order valence-corrected chi connectivity index (χ0v) is 17.4. The first-order valence-electron chi connectivity index (χ1n) is 8.55. The molecule has 1 unspecified atom stereocenters. The van der Waals surface area contributed by atoms with Crippen LogP contribution in [0.15, 0.2) is 18.2 Å². The number of halogens is 2. The summed E-state index contributed by atoms with van der Waals surface area (Å²) in [5.41, 5.74) is 0.523. The minimum atomic E-state index is -0.694. The quantitative estimate of drug-likeness (QED) is 0.524. The fourth-order valence-electron chi connectivity index (χ4n) is 2.46. The van der Waals surface area contributed by atoms with Gasteiger partial charge in [0, 0.05) is 5.69 Å². The molecule has 0 fully saturated rings. The molecule has 3 N–H and O–H groups in total. The topological polar surface area (TPSA) is 88.9 Å². The van der Waals surface area contributed by atoms with Gasteiger partial charge in [0.05, 0.1) is 24.2 Å². The van der Waals surface area contributed by atoms with Crippen LogP contribution in [0.5, 0.6) is 0 Å². The second-order valence-corrected chi connectivity index (χ2v) is 7.57. The van der Waals surface area contributed by atoms with Crippen LogP contribution in [0.3, 0.4) is 0 Å². The van der Waals surface area contributed by atoms with Crippen LogP contribution in [0.4, 0.5) is 5.69 Å². The Balaban J connectivity index is 2.52. The first-order chi connectivity index (χ1) is 12.6. The lowest BCUT2D eigenvalue weighted by molar-refractivity contribution is -0.862. The molecular formula is C18H26Cl2N3O4+. The number of quaternary nitrogens is 1. The van der Waals surface area contributed by atoms with Crippen LogP contribution in [-0.2, 0) is 19.1 Å². The number of benzene rings is 1. The number of anilines is 1. The highest BCUT2D eigenvalue weighted by atomic mass is 35.5. The number of likely N-dealkylation sites (N-methyl/N-ethyl adjacent to an activating group) is 1. The number of methoxy groups -OCH3 is 1. The van der Waals surface area contributed by atoms with Crippen LogP contribution in [0.25, 0.3) is 0 Å². The number of rotatable bonds is 9. The van der Waals surface area contributed by atoms with Gasteiger partial charge in [-0.2, -0.15) is 0 Å². The van der Waals surface area contributed by atoms with Gasteiger partial charge in [-0.3, -0.25) is 9.59 Å². The van der Waals surface area contributed by atoms with Crippen molar-refractivity contribution in [3.8, 4) is 0 Å². The van der Waals surface area contributed by atoms with Crippen molar-refractivity contribution in [1.82, 2.24) is 5.32 Å². The Morgan fingerprint density at radius 3 is 2.30 bits per heavy atom. The molecule has 0 spiro atoms. The SMILES string of the molecule is COC(=O)[C@@H](CC(C)C)NC(=O)C[NH+](C)CC(=O)Nc1ccc(Cl)c(Cl)c1. The summed E-state index contributed by atoms with van der Waals surface area (Å²) in [6, 6.07) is 4.09. The fourth-order valence-corrected chi connectivity index (χ4v) is 2.76. The normalized spacial score (nSPS) is 13.0. The number of esters is 1. The van der Waals surface area contributed by atoms with Crippen molar-refractivity contribution < 1.29 is 24.0 Å². The smallest absolute Gasteiger partial charge is 0.328 e. The van der Waals surface area contributed by atoms with Crippen LogP contribution in [-0.4, -0.2) is 51.1 Å². The Morgan fingerprint density at radius 1 is 1.11 bits per heavy atom. The van der Waals surface area contributed by atoms with E-state index < -0.39 is 12.0 Å². The summed E-state index contributed by atoms with van der Waals surface area (Å²) in [6.07, 6.45) is 0.481. The maximum atomic E-state index is 12.2. The number of amides is 2. The van der Waals surface area contributed by atoms with Crippen LogP contribution in [0.1, 0.15) is 20.3 Å². The summed E-state index contributed by atoms with van der Waals surface area (Å²) in [4.78, 5) is 36.7. The van der Waals surface area contributed by atoms with E-state index in [4.69, 9.17) is 27.9 Å². The van der Waals surface area contributed by atoms with E-state index in [1.807, 2.05) is 13.8 Å². The lowest BCUT2D eigenvalue weighted by Crippen LogP contribution is -3.11. The van der Waals surface area contributed by atoms with Gasteiger partial charge in [0.1, 0.15) is 6.04 Å². The molecule has 0 saturated carbocycles. The maximum absolute atomic E-state index is 12.2. The van der Waals surface area contributed by atoms with Crippen LogP contribution >= 0.6 is 23.2 Å². The van der Waals surface area contributed by atoms with Crippen molar-refractivity contribution in [3.05, 3.63) is 28.2 Å². The second-order valence-electron chi connectivity index (χ2n) is 6.76. The third-order valence-electron chi connectivity index (χ3n) is 3.66. The van der Waals surface area contributed by atoms with Gasteiger partial charge in [0.15, 0.2) is 13.1 Å². The number of hydrogen-bond acceptors (Lipinski definition) is 4. The molecular weight excluding hydrogens is 393 g/mol. The molecule has 0 aliphatic rings. The average Bonchev–Trinajstić information content (AvgIpc) is 2.56. The lowest BCUT2D eigenvalue weighted by atomic mass is 10.0. The number of carbonyl (C=O) groups is 3. The number of carbonyl (C=O) groups excluding carboxylic acids is 3. The van der Waals surface area contributed by atoms with E-state index in [9.17, 15) is 14.4 Å². The van der Waals surface area contributed by atoms with Gasteiger partial charge in [-0.05, 0) is 30.5 Å². The molecule has 1 rings (SSSR count). The minimum absolute atomic E-state index is 0.0420. The largest absolute Gasteiger partial charge is 0.467 e. The van der Waals surface area contributed by atoms with Gasteiger partial charge >= 0.3 is 5.97 Å². The zero-order valence-electron chi connectivity index (χ0n) is 15.9. The predicted octanol–water partition coefficient (Wildman–Crippen LogP) is 1.15. The third-order valence-corrected chi connectivity index (χ3v) is 4.40. The molecule has 27 heavy (non-hydrogen) atoms. The fraction of sp³-hybridized carbons (Fsp3) is 0.500. The molecule has 0 aliphatic carbocycles. The predicted molar refractivity (Wildman–Crippen MR) is 105 cm³/mol. The number of nitrogens with one attached hydrogen (secondary N) is 3. The first-order valence-corrected chi connectivity index (χ1v) is 9.31. The Morgan fingerprint density at radius 2 is 1.74 bits per heavy atom. The first kappa shape index (κ1) is 23.2. The van der Waals surface area contributed by atoms with E-state index in [1.165, 1.54) is 7.11 Å². The Labute approximate surface area is 169 Å². The monoisotopic (exact) mass is 418 g/mol. The summed E-state index contributed by atoms with van der Waals surface area (Å²) >= 11 is 11.8. The van der Waals surface area contributed by atoms with Crippen molar-refractivity contribution in [3.63, 3.8) is 0 Å². The van der Waals surface area contributed by atoms with Crippen molar-refractivity contribution in [1.29, 1.82) is 0 Å². The second kappa shape index (κ2) is 11.1. The zero-order chi connectivity index (χ0) is 20.6. The van der Waals surface area contributed by atoms with Crippen molar-refractivity contribution in [2.24, 2.45) is 5.92 Å². The van der Waals surface area contributed by atoms with E-state index in [2.05, 4.69) is 10.6 Å². The average molecular weight is 419 g/mol. The van der Waals surface area contributed by atoms with Gasteiger partial charge in [-0.25, -0.2) is 4.79 Å². The van der Waals surface area contributed by atoms with Gasteiger partial charge in [-0.1, -0.05) is 37.0 Å². The Hall–Kier alpha value is -1.83. The highest BCUT2D eigenvalue weighted by molar-refractivity contribution is 6.42. The summed E-state index contributed by atoms with van der Waals surface area (Å²) in [7, 11) is 3.00. The van der Waals surface area contributed by atoms with Gasteiger partial charge in [0.25, 0.3) is 11.8 Å². The van der Waals surface area contributed by atoms with Gasteiger partial charge < -0.3 is 20.3 Å². The highest BCUT2D eigenvalue weighted by Crippen LogP contribution is 2.24. The summed E-state index contributed by atoms with van der Waals surface area (Å²) in [5.74, 6) is -0.861. The molecule has 2 atom stereocenters. The molecule has 150 valence electrons. The van der Waals surface area contributed by atoms with Crippen LogP contribution in [0, 0.1) is 5.92 Å². The van der Waals surface area contributed by atoms with E-state index in [0.29, 0.717) is 27.1 Å². The molecule has 0 aliphatic heterocycles. The molecule has 0 saturated heterocycles. The number of hydrogen-bond donors (Lipinski definition) is 3. The molecule has 0 bridgehead atoms. The molecule has 0 aromatic heterocycles. The van der Waals surface area contributed by atoms with Crippen LogP contribution in [0.2, 0.25) is 10.0 Å². The Kier molecular flexibility index (Phi) is 9.55. The molecule has 1 aromatic carbocycles.